The summed E-state index contributed by atoms with van der Waals surface area (Å²) in [5.41, 5.74) is 0. The fraction of sp³-hybridized carbons (Fsp3) is 0.700. The maximum absolute atomic E-state index is 11.2. The lowest BCUT2D eigenvalue weighted by Gasteiger charge is -2.08. The zero-order valence-corrected chi connectivity index (χ0v) is 10.1. The Morgan fingerprint density at radius 2 is 1.76 bits per heavy atom. The van der Waals surface area contributed by atoms with Crippen LogP contribution in [0.1, 0.15) is 20.3 Å². The van der Waals surface area contributed by atoms with E-state index in [9.17, 15) is 14.4 Å². The molecule has 0 aliphatic rings. The third kappa shape index (κ3) is 10.5. The predicted molar refractivity (Wildman–Crippen MR) is 61.5 cm³/mol. The fourth-order valence-electron chi connectivity index (χ4n) is 0.914. The lowest BCUT2D eigenvalue weighted by atomic mass is 10.2. The third-order valence-electron chi connectivity index (χ3n) is 1.75. The average molecular weight is 245 g/mol. The Balaban J connectivity index is 3.52. The Bertz CT molecular complexity index is 279. The molecule has 0 spiro atoms. The number of carboxylic acids is 1. The molecule has 0 aliphatic heterocycles. The molecule has 4 N–H and O–H groups in total. The number of carbonyl (C=O) groups excluding carboxylic acids is 2. The molecule has 0 saturated carbocycles. The van der Waals surface area contributed by atoms with Gasteiger partial charge in [0.25, 0.3) is 0 Å². The first-order valence-corrected chi connectivity index (χ1v) is 5.42. The quantitative estimate of drug-likeness (QED) is 0.486. The molecule has 0 aromatic heterocycles. The Morgan fingerprint density at radius 1 is 1.12 bits per heavy atom. The monoisotopic (exact) mass is 245 g/mol. The van der Waals surface area contributed by atoms with Crippen LogP contribution in [0, 0.1) is 5.92 Å². The van der Waals surface area contributed by atoms with Crippen molar-refractivity contribution >= 4 is 17.9 Å². The van der Waals surface area contributed by atoms with Gasteiger partial charge in [-0.2, -0.15) is 0 Å². The van der Waals surface area contributed by atoms with Gasteiger partial charge in [0.2, 0.25) is 5.91 Å². The number of carboxylic acid groups (broad SMARTS) is 1. The maximum Gasteiger partial charge on any atom is 0.323 e. The van der Waals surface area contributed by atoms with Gasteiger partial charge in [0.05, 0.1) is 0 Å². The second-order valence-corrected chi connectivity index (χ2v) is 3.95. The first-order valence-electron chi connectivity index (χ1n) is 5.42. The minimum Gasteiger partial charge on any atom is -0.480 e. The van der Waals surface area contributed by atoms with Gasteiger partial charge in [0.15, 0.2) is 0 Å². The highest BCUT2D eigenvalue weighted by atomic mass is 16.4. The highest BCUT2D eigenvalue weighted by Crippen LogP contribution is 1.87. The summed E-state index contributed by atoms with van der Waals surface area (Å²) in [4.78, 5) is 32.3. The molecule has 0 heterocycles. The molecule has 0 radical (unpaired) electrons. The molecular weight excluding hydrogens is 226 g/mol. The summed E-state index contributed by atoms with van der Waals surface area (Å²) in [6.45, 7) is 4.31. The number of aliphatic carboxylic acids is 1. The Kier molecular flexibility index (Phi) is 7.49. The van der Waals surface area contributed by atoms with Gasteiger partial charge in [0, 0.05) is 19.5 Å². The van der Waals surface area contributed by atoms with E-state index in [1.807, 2.05) is 13.8 Å². The van der Waals surface area contributed by atoms with E-state index in [0.29, 0.717) is 12.5 Å². The summed E-state index contributed by atoms with van der Waals surface area (Å²) in [6.07, 6.45) is 0.174. The fourth-order valence-corrected chi connectivity index (χ4v) is 0.914. The summed E-state index contributed by atoms with van der Waals surface area (Å²) in [5.74, 6) is -0.877. The Hall–Kier alpha value is -1.79. The van der Waals surface area contributed by atoms with Crippen LogP contribution < -0.4 is 16.0 Å². The number of hydrogen-bond donors (Lipinski definition) is 4. The van der Waals surface area contributed by atoms with E-state index in [4.69, 9.17) is 5.11 Å². The van der Waals surface area contributed by atoms with Crippen molar-refractivity contribution in [2.24, 2.45) is 5.92 Å². The van der Waals surface area contributed by atoms with Crippen LogP contribution in [-0.2, 0) is 9.59 Å². The number of rotatable bonds is 7. The van der Waals surface area contributed by atoms with E-state index in [1.54, 1.807) is 0 Å². The van der Waals surface area contributed by atoms with Crippen molar-refractivity contribution in [2.75, 3.05) is 19.6 Å². The van der Waals surface area contributed by atoms with Crippen molar-refractivity contribution in [2.45, 2.75) is 20.3 Å². The van der Waals surface area contributed by atoms with Crippen LogP contribution in [0.3, 0.4) is 0 Å². The second kappa shape index (κ2) is 8.37. The van der Waals surface area contributed by atoms with E-state index in [2.05, 4.69) is 16.0 Å². The van der Waals surface area contributed by atoms with E-state index < -0.39 is 18.5 Å². The van der Waals surface area contributed by atoms with E-state index in [0.717, 1.165) is 0 Å². The first-order chi connectivity index (χ1) is 7.91. The van der Waals surface area contributed by atoms with E-state index in [-0.39, 0.29) is 18.9 Å². The minimum atomic E-state index is -1.12. The van der Waals surface area contributed by atoms with E-state index >= 15 is 0 Å². The largest absolute Gasteiger partial charge is 0.480 e. The van der Waals surface area contributed by atoms with E-state index in [1.165, 1.54) is 0 Å². The van der Waals surface area contributed by atoms with Gasteiger partial charge in [-0.1, -0.05) is 13.8 Å². The summed E-state index contributed by atoms with van der Waals surface area (Å²) in [7, 11) is 0. The van der Waals surface area contributed by atoms with Crippen molar-refractivity contribution < 1.29 is 19.5 Å². The molecule has 98 valence electrons. The normalized spacial score (nSPS) is 9.82. The van der Waals surface area contributed by atoms with Crippen LogP contribution in [0.15, 0.2) is 0 Å². The summed E-state index contributed by atoms with van der Waals surface area (Å²) < 4.78 is 0. The van der Waals surface area contributed by atoms with Crippen LogP contribution in [-0.4, -0.2) is 42.6 Å². The van der Waals surface area contributed by atoms with Crippen molar-refractivity contribution in [3.8, 4) is 0 Å². The van der Waals surface area contributed by atoms with Gasteiger partial charge in [-0.25, -0.2) is 4.79 Å². The Labute approximate surface area is 100.0 Å². The highest BCUT2D eigenvalue weighted by molar-refractivity contribution is 5.80. The van der Waals surface area contributed by atoms with Crippen LogP contribution in [0.25, 0.3) is 0 Å². The number of amides is 3. The van der Waals surface area contributed by atoms with Gasteiger partial charge in [0.1, 0.15) is 6.54 Å². The standard InChI is InChI=1S/C10H19N3O4/c1-7(2)5-12-8(14)3-4-11-10(17)13-6-9(15)16/h7H,3-6H2,1-2H3,(H,12,14)(H,15,16)(H2,11,13,17). The average Bonchev–Trinajstić information content (AvgIpc) is 2.23. The first kappa shape index (κ1) is 15.2. The smallest absolute Gasteiger partial charge is 0.323 e. The SMILES string of the molecule is CC(C)CNC(=O)CCNC(=O)NCC(=O)O. The number of hydrogen-bond acceptors (Lipinski definition) is 3. The molecule has 0 fully saturated rings. The number of urea groups is 1. The number of carbonyl (C=O) groups is 3. The second-order valence-electron chi connectivity index (χ2n) is 3.95. The minimum absolute atomic E-state index is 0.141. The summed E-state index contributed by atoms with van der Waals surface area (Å²) >= 11 is 0. The van der Waals surface area contributed by atoms with Gasteiger partial charge in [-0.15, -0.1) is 0 Å². The molecule has 0 aliphatic carbocycles. The number of nitrogens with one attached hydrogen (secondary N) is 3. The molecule has 0 atom stereocenters. The van der Waals surface area contributed by atoms with Gasteiger partial charge in [-0.05, 0) is 5.92 Å². The molecule has 0 aromatic carbocycles. The lowest BCUT2D eigenvalue weighted by molar-refractivity contribution is -0.135. The van der Waals surface area contributed by atoms with Crippen LogP contribution in [0.2, 0.25) is 0 Å². The summed E-state index contributed by atoms with van der Waals surface area (Å²) in [6, 6.07) is -0.593. The third-order valence-corrected chi connectivity index (χ3v) is 1.75. The predicted octanol–water partition coefficient (Wildman–Crippen LogP) is -0.467. The zero-order chi connectivity index (χ0) is 13.3. The highest BCUT2D eigenvalue weighted by Gasteiger charge is 2.05. The van der Waals surface area contributed by atoms with Crippen molar-refractivity contribution in [3.05, 3.63) is 0 Å². The maximum atomic E-state index is 11.2. The molecule has 7 heteroatoms. The molecule has 0 unspecified atom stereocenters. The zero-order valence-electron chi connectivity index (χ0n) is 10.1. The molecule has 17 heavy (non-hydrogen) atoms. The molecule has 0 aromatic rings. The van der Waals surface area contributed by atoms with Gasteiger partial charge in [-0.3, -0.25) is 9.59 Å². The molecule has 3 amide bonds. The van der Waals surface area contributed by atoms with Crippen molar-refractivity contribution in [1.82, 2.24) is 16.0 Å². The van der Waals surface area contributed by atoms with Crippen molar-refractivity contribution in [3.63, 3.8) is 0 Å². The van der Waals surface area contributed by atoms with Crippen LogP contribution >= 0.6 is 0 Å². The lowest BCUT2D eigenvalue weighted by Crippen LogP contribution is -2.40. The molecule has 0 saturated heterocycles. The molecule has 7 nitrogen and oxygen atoms in total. The van der Waals surface area contributed by atoms with Crippen molar-refractivity contribution in [1.29, 1.82) is 0 Å². The van der Waals surface area contributed by atoms with Gasteiger partial charge >= 0.3 is 12.0 Å². The molecule has 0 bridgehead atoms. The topological polar surface area (TPSA) is 108 Å². The summed E-state index contributed by atoms with van der Waals surface area (Å²) in [5, 5.41) is 15.5. The molecule has 0 rings (SSSR count). The van der Waals surface area contributed by atoms with Gasteiger partial charge < -0.3 is 21.1 Å². The van der Waals surface area contributed by atoms with Crippen LogP contribution in [0.5, 0.6) is 0 Å². The molecular formula is C10H19N3O4. The van der Waals surface area contributed by atoms with Crippen LogP contribution in [0.4, 0.5) is 4.79 Å². The Morgan fingerprint density at radius 3 is 2.29 bits per heavy atom.